The summed E-state index contributed by atoms with van der Waals surface area (Å²) in [5.41, 5.74) is 9.83. The molecule has 9 aromatic rings. The third kappa shape index (κ3) is 18.8. The van der Waals surface area contributed by atoms with Crippen molar-refractivity contribution in [2.75, 3.05) is 201 Å². The summed E-state index contributed by atoms with van der Waals surface area (Å²) >= 11 is 0. The summed E-state index contributed by atoms with van der Waals surface area (Å²) in [6, 6.07) is 41.6. The minimum absolute atomic E-state index is 0.0458. The van der Waals surface area contributed by atoms with Crippen molar-refractivity contribution >= 4 is 79.4 Å². The first-order valence-electron chi connectivity index (χ1n) is 43.2. The number of hydrogen-bond donors (Lipinski definition) is 0. The highest BCUT2D eigenvalue weighted by Crippen LogP contribution is 2.40. The molecule has 0 saturated carbocycles. The lowest BCUT2D eigenvalue weighted by Crippen LogP contribution is -2.56. The van der Waals surface area contributed by atoms with E-state index in [9.17, 15) is 14.4 Å². The lowest BCUT2D eigenvalue weighted by molar-refractivity contribution is -0.129. The molecule has 0 radical (unpaired) electrons. The van der Waals surface area contributed by atoms with Gasteiger partial charge in [0, 0.05) is 154 Å². The largest absolute Gasteiger partial charge is 0.462 e. The summed E-state index contributed by atoms with van der Waals surface area (Å²) in [7, 11) is 6.37. The Balaban J connectivity index is 0.000000137. The van der Waals surface area contributed by atoms with Gasteiger partial charge in [0.1, 0.15) is 67.3 Å². The SMILES string of the molecule is [C-]#[N+]CC1CN(c2nc(OC[C@H]3CN(C)CCO3)nc3c2CCN(c2cccc4ccccc24)C3)CCN1C(=O)C=C.[C-]#[N+]C[C@H]1CN(c2nc(OC[C@@H]3CCCN3C)nc3c2CCN(c2cccc4cccn24)C3)CCN1C(=O)C=C.[C-]#[N+]C[C@H]1CN(c2nc(OC[C@H]3CCCN3C)nc3c2CCN(c2cccc4ccccc24)C3)CCN1C(=O)C=C. The quantitative estimate of drug-likeness (QED) is 0.0482. The van der Waals surface area contributed by atoms with Crippen LogP contribution in [0.1, 0.15) is 59.5 Å². The molecular formula is C94H110N22O7. The summed E-state index contributed by atoms with van der Waals surface area (Å²) < 4.78 is 26.9. The van der Waals surface area contributed by atoms with Crippen LogP contribution in [0.25, 0.3) is 41.6 Å². The second-order valence-corrected chi connectivity index (χ2v) is 33.2. The molecule has 29 heteroatoms. The number of anilines is 6. The molecule has 0 bridgehead atoms. The van der Waals surface area contributed by atoms with Crippen molar-refractivity contribution in [3.63, 3.8) is 0 Å². The van der Waals surface area contributed by atoms with Gasteiger partial charge < -0.3 is 96.7 Å². The molecule has 6 saturated heterocycles. The highest BCUT2D eigenvalue weighted by atomic mass is 16.5. The van der Waals surface area contributed by atoms with Gasteiger partial charge in [0.25, 0.3) is 0 Å². The average molecular weight is 1660 g/mol. The van der Waals surface area contributed by atoms with Gasteiger partial charge in [-0.15, -0.1) is 0 Å². The number of likely N-dealkylation sites (N-methyl/N-ethyl adjacent to an activating group) is 3. The third-order valence-electron chi connectivity index (χ3n) is 25.7. The van der Waals surface area contributed by atoms with Gasteiger partial charge in [-0.1, -0.05) is 98.6 Å². The monoisotopic (exact) mass is 1660 g/mol. The molecule has 6 atom stereocenters. The van der Waals surface area contributed by atoms with Crippen LogP contribution in [-0.4, -0.2) is 290 Å². The molecule has 0 spiro atoms. The maximum absolute atomic E-state index is 12.5. The molecular weight excluding hydrogens is 1550 g/mol. The van der Waals surface area contributed by atoms with E-state index in [1.807, 2.05) is 0 Å². The maximum Gasteiger partial charge on any atom is 0.318 e. The molecule has 638 valence electrons. The van der Waals surface area contributed by atoms with Gasteiger partial charge in [0.2, 0.25) is 37.4 Å². The second kappa shape index (κ2) is 38.7. The molecule has 6 fully saturated rings. The zero-order chi connectivity index (χ0) is 85.0. The Morgan fingerprint density at radius 3 is 1.27 bits per heavy atom. The van der Waals surface area contributed by atoms with Gasteiger partial charge in [0.05, 0.1) is 43.3 Å². The van der Waals surface area contributed by atoms with E-state index in [0.29, 0.717) is 135 Å². The fourth-order valence-corrected chi connectivity index (χ4v) is 19.0. The van der Waals surface area contributed by atoms with Gasteiger partial charge in [-0.2, -0.15) is 29.9 Å². The van der Waals surface area contributed by atoms with E-state index in [-0.39, 0.29) is 61.6 Å². The Morgan fingerprint density at radius 1 is 0.439 bits per heavy atom. The van der Waals surface area contributed by atoms with Crippen molar-refractivity contribution < 1.29 is 33.3 Å². The number of carbonyl (C=O) groups is 3. The van der Waals surface area contributed by atoms with E-state index in [0.717, 1.165) is 140 Å². The number of rotatable bonds is 21. The highest BCUT2D eigenvalue weighted by molar-refractivity contribution is 5.96. The molecule has 123 heavy (non-hydrogen) atoms. The molecule has 5 aromatic heterocycles. The average Bonchev–Trinajstić information content (AvgIpc) is 1.15. The number of amides is 3. The van der Waals surface area contributed by atoms with Crippen molar-refractivity contribution in [3.8, 4) is 18.0 Å². The molecule has 3 amide bonds. The van der Waals surface area contributed by atoms with Crippen LogP contribution in [0.15, 0.2) is 159 Å². The lowest BCUT2D eigenvalue weighted by atomic mass is 10.0. The Kier molecular flexibility index (Phi) is 26.5. The molecule has 4 aromatic carbocycles. The van der Waals surface area contributed by atoms with Gasteiger partial charge >= 0.3 is 18.0 Å². The molecule has 1 unspecified atom stereocenters. The number of benzene rings is 4. The first-order valence-corrected chi connectivity index (χ1v) is 43.2. The number of likely N-dealkylation sites (tertiary alicyclic amines) is 2. The number of piperazine rings is 3. The summed E-state index contributed by atoms with van der Waals surface area (Å²) in [5, 5.41) is 4.89. The van der Waals surface area contributed by atoms with E-state index in [4.69, 9.17) is 68.6 Å². The number of ether oxygens (including phenoxy) is 4. The molecule has 0 aliphatic carbocycles. The minimum atomic E-state index is -0.237. The highest BCUT2D eigenvalue weighted by Gasteiger charge is 2.40. The van der Waals surface area contributed by atoms with Gasteiger partial charge in [-0.05, 0) is 145 Å². The topological polar surface area (TPSA) is 222 Å². The van der Waals surface area contributed by atoms with Gasteiger partial charge in [-0.3, -0.25) is 14.4 Å². The van der Waals surface area contributed by atoms with Crippen LogP contribution in [0, 0.1) is 19.7 Å². The lowest BCUT2D eigenvalue weighted by Gasteiger charge is -2.41. The smallest absolute Gasteiger partial charge is 0.318 e. The molecule has 9 aliphatic rings. The van der Waals surface area contributed by atoms with E-state index in [1.54, 1.807) is 14.7 Å². The van der Waals surface area contributed by atoms with Crippen LogP contribution in [0.3, 0.4) is 0 Å². The summed E-state index contributed by atoms with van der Waals surface area (Å²) in [4.78, 5) is 104. The number of hydrogen-bond acceptors (Lipinski definition) is 22. The first-order chi connectivity index (χ1) is 60.1. The second-order valence-electron chi connectivity index (χ2n) is 33.2. The summed E-state index contributed by atoms with van der Waals surface area (Å²) in [6.45, 7) is 49.7. The van der Waals surface area contributed by atoms with Crippen LogP contribution in [0.2, 0.25) is 0 Å². The first kappa shape index (κ1) is 84.2. The summed E-state index contributed by atoms with van der Waals surface area (Å²) in [5.74, 6) is 3.34. The Morgan fingerprint density at radius 2 is 0.846 bits per heavy atom. The number of fused-ring (bicyclic) bond motifs is 6. The number of morpholine rings is 1. The number of carbonyl (C=O) groups excluding carboxylic acids is 3. The van der Waals surface area contributed by atoms with Crippen LogP contribution in [0.4, 0.5) is 34.6 Å². The minimum Gasteiger partial charge on any atom is -0.462 e. The van der Waals surface area contributed by atoms with Crippen LogP contribution in [0.5, 0.6) is 18.0 Å². The van der Waals surface area contributed by atoms with Crippen LogP contribution < -0.4 is 43.6 Å². The van der Waals surface area contributed by atoms with Crippen molar-refractivity contribution in [2.24, 2.45) is 0 Å². The number of aromatic nitrogens is 7. The predicted octanol–water partition coefficient (Wildman–Crippen LogP) is 9.70. The molecule has 18 rings (SSSR count). The van der Waals surface area contributed by atoms with Crippen molar-refractivity contribution in [1.82, 2.24) is 63.7 Å². The van der Waals surface area contributed by atoms with Crippen molar-refractivity contribution in [2.45, 2.75) is 101 Å². The zero-order valence-electron chi connectivity index (χ0n) is 70.9. The van der Waals surface area contributed by atoms with Gasteiger partial charge in [0.15, 0.2) is 0 Å². The Bertz CT molecular complexity index is 5480. The number of nitrogens with zero attached hydrogens (tertiary/aromatic N) is 22. The van der Waals surface area contributed by atoms with Gasteiger partial charge in [-0.25, -0.2) is 19.7 Å². The van der Waals surface area contributed by atoms with E-state index < -0.39 is 0 Å². The Hall–Kier alpha value is -12.5. The Labute approximate surface area is 720 Å². The molecule has 9 aliphatic heterocycles. The molecule has 14 heterocycles. The van der Waals surface area contributed by atoms with E-state index in [1.165, 1.54) is 64.0 Å². The third-order valence-corrected chi connectivity index (χ3v) is 25.7. The molecule has 0 N–H and O–H groups in total. The van der Waals surface area contributed by atoms with Crippen molar-refractivity contribution in [1.29, 1.82) is 0 Å². The summed E-state index contributed by atoms with van der Waals surface area (Å²) in [6.07, 6.45) is 13.0. The predicted molar refractivity (Wildman–Crippen MR) is 479 cm³/mol. The van der Waals surface area contributed by atoms with E-state index in [2.05, 4.69) is 225 Å². The standard InChI is InChI=1S/C32H37N7O3.C32H37N7O2.C30H36N8O2/c1-4-30(40)39-15-14-38(19-24(39)18-33-2)31-27-12-13-37(29-11-7-9-23-8-5-6-10-26(23)29)21-28(27)34-32(35-31)42-22-25-20-36(3)16-17-41-25;1-4-30(40)39-18-17-38(20-25(39)19-33-2)31-27-14-16-37(29-13-7-10-23-9-5-6-12-26(23)29)21-28(27)34-32(35-31)41-22-24-11-8-15-36(24)3;1-4-28(39)38-17-16-36(19-24(38)18-31-2)29-25-12-15-35(27-11-5-8-22-9-7-14-37(22)27)20-26(25)32-30(33-29)40-21-23-10-6-13-34(23)3/h4-11,24-25H,1,12-22H2,3H3;4-7,9-10,12-13,24-25H,1,8,11,14-22H2,3H3;4-5,7-9,11,14,23-24H,1,6,10,12-13,15-21H2,3H3/t24?,25-;24-,25+;23-,24-/m110/s1. The van der Waals surface area contributed by atoms with Crippen LogP contribution in [-0.2, 0) is 58.0 Å². The normalized spacial score (nSPS) is 21.2. The maximum atomic E-state index is 12.5. The fourth-order valence-electron chi connectivity index (χ4n) is 19.0. The zero-order valence-corrected chi connectivity index (χ0v) is 70.9. The van der Waals surface area contributed by atoms with E-state index >= 15 is 0 Å². The van der Waals surface area contributed by atoms with Crippen molar-refractivity contribution in [3.05, 3.63) is 227 Å². The fraction of sp³-hybridized carbons (Fsp3) is 0.447. The number of pyridine rings is 1. The van der Waals surface area contributed by atoms with Crippen LogP contribution >= 0.6 is 0 Å². The molecule has 29 nitrogen and oxygen atoms in total.